The molecule has 0 aliphatic rings. The molecule has 0 bridgehead atoms. The fourth-order valence-corrected chi connectivity index (χ4v) is 3.16. The second-order valence-electron chi connectivity index (χ2n) is 4.52. The van der Waals surface area contributed by atoms with Gasteiger partial charge in [0.2, 0.25) is 0 Å². The molecule has 0 aromatic heterocycles. The van der Waals surface area contributed by atoms with Gasteiger partial charge in [-0.1, -0.05) is 6.92 Å². The van der Waals surface area contributed by atoms with Gasteiger partial charge in [-0.2, -0.15) is 5.26 Å². The molecule has 1 aromatic carbocycles. The fourth-order valence-electron chi connectivity index (χ4n) is 1.61. The van der Waals surface area contributed by atoms with Crippen LogP contribution in [0.3, 0.4) is 0 Å². The van der Waals surface area contributed by atoms with Crippen molar-refractivity contribution < 1.29 is 8.42 Å². The predicted molar refractivity (Wildman–Crippen MR) is 82.6 cm³/mol. The second kappa shape index (κ2) is 8.30. The van der Waals surface area contributed by atoms with E-state index in [4.69, 9.17) is 5.26 Å². The van der Waals surface area contributed by atoms with Gasteiger partial charge < -0.3 is 5.32 Å². The quantitative estimate of drug-likeness (QED) is 0.747. The molecule has 0 heterocycles. The molecule has 0 spiro atoms. The molecule has 6 heteroatoms. The summed E-state index contributed by atoms with van der Waals surface area (Å²) in [5, 5.41) is 12.2. The third-order valence-corrected chi connectivity index (χ3v) is 4.90. The molecule has 1 rings (SSSR count). The van der Waals surface area contributed by atoms with Crippen molar-refractivity contribution in [3.05, 3.63) is 24.3 Å². The molecule has 20 heavy (non-hydrogen) atoms. The van der Waals surface area contributed by atoms with E-state index in [1.165, 1.54) is 6.26 Å². The Morgan fingerprint density at radius 2 is 2.00 bits per heavy atom. The lowest BCUT2D eigenvalue weighted by Gasteiger charge is -2.10. The van der Waals surface area contributed by atoms with E-state index < -0.39 is 9.84 Å². The minimum Gasteiger partial charge on any atom is -0.302 e. The largest absolute Gasteiger partial charge is 0.302 e. The van der Waals surface area contributed by atoms with Gasteiger partial charge in [0.15, 0.2) is 9.84 Å². The summed E-state index contributed by atoms with van der Waals surface area (Å²) < 4.78 is 22.7. The Morgan fingerprint density at radius 1 is 1.35 bits per heavy atom. The van der Waals surface area contributed by atoms with Gasteiger partial charge in [-0.15, -0.1) is 11.8 Å². The van der Waals surface area contributed by atoms with E-state index in [9.17, 15) is 8.42 Å². The highest BCUT2D eigenvalue weighted by Crippen LogP contribution is 2.21. The van der Waals surface area contributed by atoms with Crippen molar-refractivity contribution >= 4 is 21.6 Å². The first kappa shape index (κ1) is 17.0. The molecule has 0 radical (unpaired) electrons. The zero-order valence-corrected chi connectivity index (χ0v) is 13.4. The maximum absolute atomic E-state index is 11.3. The molecule has 0 saturated carbocycles. The van der Waals surface area contributed by atoms with Crippen LogP contribution in [0.25, 0.3) is 0 Å². The van der Waals surface area contributed by atoms with E-state index in [1.54, 1.807) is 23.9 Å². The van der Waals surface area contributed by atoms with Crippen LogP contribution >= 0.6 is 11.8 Å². The van der Waals surface area contributed by atoms with Crippen LogP contribution in [-0.4, -0.2) is 33.0 Å². The summed E-state index contributed by atoms with van der Waals surface area (Å²) in [5.74, 6) is 0.827. The summed E-state index contributed by atoms with van der Waals surface area (Å²) in [5.41, 5.74) is 0. The molecule has 110 valence electrons. The summed E-state index contributed by atoms with van der Waals surface area (Å²) in [6, 6.07) is 8.99. The van der Waals surface area contributed by atoms with Crippen molar-refractivity contribution in [1.82, 2.24) is 5.32 Å². The Balaban J connectivity index is 2.44. The smallest absolute Gasteiger partial charge is 0.175 e. The Labute approximate surface area is 125 Å². The van der Waals surface area contributed by atoms with Crippen molar-refractivity contribution in [2.75, 3.05) is 18.6 Å². The SMILES string of the molecule is CCCNC(C#N)CCSc1ccc(S(C)(=O)=O)cc1. The van der Waals surface area contributed by atoms with Gasteiger partial charge in [0.25, 0.3) is 0 Å². The molecule has 0 amide bonds. The Hall–Kier alpha value is -1.03. The Bertz CT molecular complexity index is 548. The summed E-state index contributed by atoms with van der Waals surface area (Å²) in [4.78, 5) is 1.35. The molecule has 0 aliphatic carbocycles. The first-order valence-corrected chi connectivity index (χ1v) is 9.41. The highest BCUT2D eigenvalue weighted by molar-refractivity contribution is 7.99. The van der Waals surface area contributed by atoms with Crippen molar-refractivity contribution in [1.29, 1.82) is 5.26 Å². The molecule has 0 aliphatic heterocycles. The van der Waals surface area contributed by atoms with Gasteiger partial charge in [-0.25, -0.2) is 8.42 Å². The van der Waals surface area contributed by atoms with E-state index >= 15 is 0 Å². The van der Waals surface area contributed by atoms with Crippen LogP contribution in [0, 0.1) is 11.3 Å². The lowest BCUT2D eigenvalue weighted by Crippen LogP contribution is -2.28. The second-order valence-corrected chi connectivity index (χ2v) is 7.70. The van der Waals surface area contributed by atoms with Crippen molar-refractivity contribution in [2.45, 2.75) is 35.6 Å². The molecule has 1 N–H and O–H groups in total. The number of nitrogens with zero attached hydrogens (tertiary/aromatic N) is 1. The van der Waals surface area contributed by atoms with E-state index in [2.05, 4.69) is 18.3 Å². The molecule has 0 fully saturated rings. The topological polar surface area (TPSA) is 70.0 Å². The molecule has 4 nitrogen and oxygen atoms in total. The standard InChI is InChI=1S/C14H20N2O2S2/c1-3-9-16-12(11-15)8-10-19-13-4-6-14(7-5-13)20(2,17)18/h4-7,12,16H,3,8-10H2,1-2H3. The maximum atomic E-state index is 11.3. The first-order valence-electron chi connectivity index (χ1n) is 6.53. The van der Waals surface area contributed by atoms with Gasteiger partial charge in [0, 0.05) is 16.9 Å². The molecular weight excluding hydrogens is 292 g/mol. The number of sulfone groups is 1. The highest BCUT2D eigenvalue weighted by atomic mass is 32.2. The van der Waals surface area contributed by atoms with Crippen LogP contribution < -0.4 is 5.32 Å². The Morgan fingerprint density at radius 3 is 2.50 bits per heavy atom. The third kappa shape index (κ3) is 5.95. The normalized spacial score (nSPS) is 12.8. The van der Waals surface area contributed by atoms with E-state index in [1.807, 2.05) is 12.1 Å². The van der Waals surface area contributed by atoms with Crippen LogP contribution in [-0.2, 0) is 9.84 Å². The van der Waals surface area contributed by atoms with Gasteiger partial charge in [0.1, 0.15) is 0 Å². The minimum absolute atomic E-state index is 0.113. The molecule has 1 unspecified atom stereocenters. The van der Waals surface area contributed by atoms with Gasteiger partial charge >= 0.3 is 0 Å². The molecule has 0 saturated heterocycles. The number of hydrogen-bond donors (Lipinski definition) is 1. The van der Waals surface area contributed by atoms with Gasteiger partial charge in [-0.05, 0) is 43.7 Å². The van der Waals surface area contributed by atoms with Crippen LogP contribution in [0.15, 0.2) is 34.1 Å². The number of thioether (sulfide) groups is 1. The third-order valence-electron chi connectivity index (χ3n) is 2.72. The zero-order chi connectivity index (χ0) is 15.0. The average Bonchev–Trinajstić information content (AvgIpc) is 2.42. The van der Waals surface area contributed by atoms with Gasteiger partial charge in [-0.3, -0.25) is 0 Å². The van der Waals surface area contributed by atoms with Crippen molar-refractivity contribution in [3.63, 3.8) is 0 Å². The van der Waals surface area contributed by atoms with Crippen LogP contribution in [0.4, 0.5) is 0 Å². The zero-order valence-electron chi connectivity index (χ0n) is 11.8. The lowest BCUT2D eigenvalue weighted by atomic mass is 10.2. The Kier molecular flexibility index (Phi) is 7.06. The van der Waals surface area contributed by atoms with E-state index in [-0.39, 0.29) is 6.04 Å². The maximum Gasteiger partial charge on any atom is 0.175 e. The average molecular weight is 312 g/mol. The monoisotopic (exact) mass is 312 g/mol. The molecular formula is C14H20N2O2S2. The lowest BCUT2D eigenvalue weighted by molar-refractivity contribution is 0.585. The summed E-state index contributed by atoms with van der Waals surface area (Å²) >= 11 is 1.63. The van der Waals surface area contributed by atoms with Crippen LogP contribution in [0.1, 0.15) is 19.8 Å². The van der Waals surface area contributed by atoms with Crippen LogP contribution in [0.5, 0.6) is 0 Å². The minimum atomic E-state index is -3.13. The first-order chi connectivity index (χ1) is 9.47. The summed E-state index contributed by atoms with van der Waals surface area (Å²) in [6.45, 7) is 2.92. The number of rotatable bonds is 8. The summed E-state index contributed by atoms with van der Waals surface area (Å²) in [6.07, 6.45) is 2.99. The van der Waals surface area contributed by atoms with Gasteiger partial charge in [0.05, 0.1) is 17.0 Å². The van der Waals surface area contributed by atoms with Crippen LogP contribution in [0.2, 0.25) is 0 Å². The molecule has 1 aromatic rings. The predicted octanol–water partition coefficient (Wildman–Crippen LogP) is 2.46. The summed E-state index contributed by atoms with van der Waals surface area (Å²) in [7, 11) is -3.13. The fraction of sp³-hybridized carbons (Fsp3) is 0.500. The van der Waals surface area contributed by atoms with Crippen molar-refractivity contribution in [2.24, 2.45) is 0 Å². The highest BCUT2D eigenvalue weighted by Gasteiger charge is 2.08. The number of nitrogens with one attached hydrogen (secondary N) is 1. The van der Waals surface area contributed by atoms with E-state index in [0.717, 1.165) is 30.0 Å². The number of hydrogen-bond acceptors (Lipinski definition) is 5. The van der Waals surface area contributed by atoms with Crippen molar-refractivity contribution in [3.8, 4) is 6.07 Å². The number of benzene rings is 1. The number of nitriles is 1. The molecule has 1 atom stereocenters. The van der Waals surface area contributed by atoms with E-state index in [0.29, 0.717) is 4.90 Å².